The number of carboxylic acids is 1. The second-order valence-corrected chi connectivity index (χ2v) is 9.92. The van der Waals surface area contributed by atoms with Crippen LogP contribution in [-0.2, 0) is 0 Å². The molecule has 1 amide bonds. The zero-order valence-corrected chi connectivity index (χ0v) is 23.1. The van der Waals surface area contributed by atoms with Crippen LogP contribution in [0.5, 0.6) is 0 Å². The van der Waals surface area contributed by atoms with E-state index in [0.29, 0.717) is 30.4 Å². The molecule has 0 aliphatic rings. The summed E-state index contributed by atoms with van der Waals surface area (Å²) < 4.78 is 9.99. The maximum atomic E-state index is 11.8. The highest BCUT2D eigenvalue weighted by molar-refractivity contribution is 7.13. The lowest BCUT2D eigenvalue weighted by Crippen LogP contribution is -2.24. The van der Waals surface area contributed by atoms with E-state index in [4.69, 9.17) is 30.1 Å². The molecular formula is C27H42BN4O7S2-. The van der Waals surface area contributed by atoms with Crippen LogP contribution in [-0.4, -0.2) is 72.2 Å². The fraction of sp³-hybridized carbons (Fsp3) is 0.407. The Morgan fingerprint density at radius 1 is 0.829 bits per heavy atom. The summed E-state index contributed by atoms with van der Waals surface area (Å²) in [5.74, 6) is -0.199. The standard InChI is InChI=1S/C13H16N2O3S.C8H5NO3S.C5H13NO.CH4.BH4/c16-7-3-1-2-6-14-13(17)10-9-11(18-15-10)12-5-4-8-19-12;10-8(11)5-4-6(12-9-5)7-2-1-3-13-7;6-4-2-1-3-5-7;;/h4-5,8-9,16H,1-3,6-7H2,(H,14,17);1-4H,(H,10,11);7H,1-6H2;2*1H4/q;;;;-1. The molecule has 6 N–H and O–H groups in total. The molecule has 4 rings (SSSR count). The summed E-state index contributed by atoms with van der Waals surface area (Å²) in [6.07, 6.45) is 5.52. The molecule has 14 heteroatoms. The van der Waals surface area contributed by atoms with Crippen molar-refractivity contribution in [3.8, 4) is 21.3 Å². The first kappa shape index (κ1) is 37.7. The Morgan fingerprint density at radius 3 is 1.78 bits per heavy atom. The molecule has 0 aliphatic heterocycles. The van der Waals surface area contributed by atoms with Crippen molar-refractivity contribution in [3.05, 3.63) is 58.5 Å². The van der Waals surface area contributed by atoms with Crippen LogP contribution in [0.4, 0.5) is 0 Å². The number of hydrogen-bond acceptors (Lipinski definition) is 11. The topological polar surface area (TPSA) is 185 Å². The van der Waals surface area contributed by atoms with E-state index in [1.165, 1.54) is 28.7 Å². The number of nitrogens with two attached hydrogens (primary N) is 1. The Labute approximate surface area is 249 Å². The van der Waals surface area contributed by atoms with Crippen molar-refractivity contribution >= 4 is 43.0 Å². The summed E-state index contributed by atoms with van der Waals surface area (Å²) >= 11 is 3.01. The molecule has 0 unspecified atom stereocenters. The molecule has 41 heavy (non-hydrogen) atoms. The van der Waals surface area contributed by atoms with Crippen LogP contribution >= 0.6 is 22.7 Å². The van der Waals surface area contributed by atoms with Gasteiger partial charge in [0.15, 0.2) is 22.9 Å². The predicted molar refractivity (Wildman–Crippen MR) is 168 cm³/mol. The van der Waals surface area contributed by atoms with Gasteiger partial charge in [0.2, 0.25) is 0 Å². The third-order valence-electron chi connectivity index (χ3n) is 4.98. The van der Waals surface area contributed by atoms with Crippen molar-refractivity contribution in [1.29, 1.82) is 0 Å². The van der Waals surface area contributed by atoms with Crippen molar-refractivity contribution in [2.75, 3.05) is 26.3 Å². The van der Waals surface area contributed by atoms with Crippen LogP contribution in [0.25, 0.3) is 21.3 Å². The molecule has 228 valence electrons. The zero-order valence-electron chi connectivity index (χ0n) is 21.5. The van der Waals surface area contributed by atoms with Crippen molar-refractivity contribution < 1.29 is 34.0 Å². The quantitative estimate of drug-likeness (QED) is 0.111. The molecule has 0 spiro atoms. The molecule has 0 radical (unpaired) electrons. The van der Waals surface area contributed by atoms with Crippen LogP contribution < -0.4 is 11.1 Å². The van der Waals surface area contributed by atoms with E-state index in [1.54, 1.807) is 6.07 Å². The lowest BCUT2D eigenvalue weighted by atomic mass is 10.2. The van der Waals surface area contributed by atoms with E-state index in [1.807, 2.05) is 35.0 Å². The van der Waals surface area contributed by atoms with Gasteiger partial charge in [-0.15, -0.1) is 22.7 Å². The average Bonchev–Trinajstić information content (AvgIpc) is 3.76. The molecule has 0 saturated heterocycles. The number of nitrogens with zero attached hydrogens (tertiary/aromatic N) is 2. The zero-order chi connectivity index (χ0) is 28.3. The van der Waals surface area contributed by atoms with Gasteiger partial charge in [0.1, 0.15) is 0 Å². The molecule has 0 aromatic carbocycles. The van der Waals surface area contributed by atoms with Gasteiger partial charge in [0, 0.05) is 31.9 Å². The van der Waals surface area contributed by atoms with Crippen molar-refractivity contribution in [2.24, 2.45) is 5.73 Å². The highest BCUT2D eigenvalue weighted by atomic mass is 32.1. The lowest BCUT2D eigenvalue weighted by Gasteiger charge is -2.01. The molecule has 4 heterocycles. The summed E-state index contributed by atoms with van der Waals surface area (Å²) in [5, 5.41) is 39.2. The first-order valence-electron chi connectivity index (χ1n) is 12.4. The Balaban J connectivity index is 0.000000634. The molecule has 0 aliphatic carbocycles. The number of nitrogens with one attached hydrogen (secondary N) is 1. The SMILES string of the molecule is C.NCCCCCO.O=C(NCCCCCO)c1cc(-c2cccs2)on1.O=C(O)c1cc(-c2cccs2)on1.[BH4-]. The molecule has 11 nitrogen and oxygen atoms in total. The van der Waals surface area contributed by atoms with Crippen molar-refractivity contribution in [3.63, 3.8) is 0 Å². The van der Waals surface area contributed by atoms with Gasteiger partial charge in [0.05, 0.1) is 9.75 Å². The summed E-state index contributed by atoms with van der Waals surface area (Å²) in [5.41, 5.74) is 5.42. The number of amides is 1. The van der Waals surface area contributed by atoms with Crippen LogP contribution in [0.15, 0.2) is 56.2 Å². The van der Waals surface area contributed by atoms with Gasteiger partial charge in [0.25, 0.3) is 5.91 Å². The molecule has 0 bridgehead atoms. The predicted octanol–water partition coefficient (Wildman–Crippen LogP) is 3.69. The van der Waals surface area contributed by atoms with Crippen LogP contribution in [0, 0.1) is 0 Å². The van der Waals surface area contributed by atoms with Crippen molar-refractivity contribution in [2.45, 2.75) is 46.0 Å². The molecule has 4 aromatic rings. The number of carboxylic acid groups (broad SMARTS) is 1. The summed E-state index contributed by atoms with van der Waals surface area (Å²) in [4.78, 5) is 24.1. The highest BCUT2D eigenvalue weighted by Gasteiger charge is 2.14. The van der Waals surface area contributed by atoms with Gasteiger partial charge in [-0.1, -0.05) is 38.3 Å². The monoisotopic (exact) mass is 609 g/mol. The lowest BCUT2D eigenvalue weighted by molar-refractivity contribution is 0.0685. The minimum Gasteiger partial charge on any atom is -0.476 e. The number of carbonyl (C=O) groups is 2. The molecule has 0 fully saturated rings. The second kappa shape index (κ2) is 22.4. The summed E-state index contributed by atoms with van der Waals surface area (Å²) in [7, 11) is 0. The fourth-order valence-electron chi connectivity index (χ4n) is 2.97. The number of hydrogen-bond donors (Lipinski definition) is 5. The average molecular weight is 610 g/mol. The maximum Gasteiger partial charge on any atom is 0.358 e. The highest BCUT2D eigenvalue weighted by Crippen LogP contribution is 2.25. The maximum absolute atomic E-state index is 11.8. The van der Waals surface area contributed by atoms with Gasteiger partial charge in [-0.05, 0) is 68.0 Å². The van der Waals surface area contributed by atoms with Gasteiger partial charge >= 0.3 is 5.97 Å². The van der Waals surface area contributed by atoms with Gasteiger partial charge < -0.3 is 35.4 Å². The number of aliphatic hydroxyl groups excluding tert-OH is 2. The Bertz CT molecular complexity index is 1190. The Kier molecular flexibility index (Phi) is 20.6. The summed E-state index contributed by atoms with van der Waals surface area (Å²) in [6, 6.07) is 10.6. The van der Waals surface area contributed by atoms with Crippen LogP contribution in [0.2, 0.25) is 0 Å². The molecule has 4 aromatic heterocycles. The number of aromatic carboxylic acids is 1. The Morgan fingerprint density at radius 2 is 1.34 bits per heavy atom. The van der Waals surface area contributed by atoms with Crippen LogP contribution in [0.1, 0.15) is 66.9 Å². The molecule has 0 atom stereocenters. The van der Waals surface area contributed by atoms with E-state index in [9.17, 15) is 9.59 Å². The normalized spacial score (nSPS) is 9.73. The minimum absolute atomic E-state index is 0. The smallest absolute Gasteiger partial charge is 0.358 e. The molecule has 0 saturated carbocycles. The van der Waals surface area contributed by atoms with Gasteiger partial charge in [-0.25, -0.2) is 4.79 Å². The number of rotatable bonds is 13. The van der Waals surface area contributed by atoms with E-state index >= 15 is 0 Å². The van der Waals surface area contributed by atoms with E-state index < -0.39 is 5.97 Å². The number of aromatic nitrogens is 2. The third-order valence-corrected chi connectivity index (χ3v) is 6.75. The second-order valence-electron chi connectivity index (χ2n) is 8.03. The van der Waals surface area contributed by atoms with Crippen molar-refractivity contribution in [1.82, 2.24) is 15.6 Å². The number of unbranched alkanes of at least 4 members (excludes halogenated alkanes) is 4. The van der Waals surface area contributed by atoms with E-state index in [2.05, 4.69) is 15.6 Å². The fourth-order valence-corrected chi connectivity index (χ4v) is 4.31. The number of aliphatic hydroxyl groups is 2. The summed E-state index contributed by atoms with van der Waals surface area (Å²) in [6.45, 7) is 1.83. The number of thiophene rings is 2. The van der Waals surface area contributed by atoms with E-state index in [0.717, 1.165) is 54.8 Å². The number of carbonyl (C=O) groups excluding carboxylic acids is 1. The largest absolute Gasteiger partial charge is 0.476 e. The van der Waals surface area contributed by atoms with E-state index in [-0.39, 0.29) is 34.0 Å². The first-order chi connectivity index (χ1) is 19.0. The Hall–Kier alpha value is -3.30. The first-order valence-corrected chi connectivity index (χ1v) is 14.2. The van der Waals surface area contributed by atoms with Gasteiger partial charge in [-0.2, -0.15) is 0 Å². The molecular weight excluding hydrogens is 567 g/mol. The minimum atomic E-state index is -1.08. The van der Waals surface area contributed by atoms with Crippen LogP contribution in [0.3, 0.4) is 0 Å². The van der Waals surface area contributed by atoms with Gasteiger partial charge in [-0.3, -0.25) is 4.79 Å². The third kappa shape index (κ3) is 14.2.